The second-order valence-electron chi connectivity index (χ2n) is 4.87. The largest absolute Gasteiger partial charge is 0.355 e. The van der Waals surface area contributed by atoms with Crippen molar-refractivity contribution in [1.82, 2.24) is 5.32 Å². The highest BCUT2D eigenvalue weighted by molar-refractivity contribution is 5.77. The molecule has 0 aromatic rings. The molecule has 3 nitrogen and oxygen atoms in total. The minimum absolute atomic E-state index is 0.0161. The Balaban J connectivity index is 3.03. The summed E-state index contributed by atoms with van der Waals surface area (Å²) >= 11 is 0. The third kappa shape index (κ3) is 13.0. The summed E-state index contributed by atoms with van der Waals surface area (Å²) in [4.78, 5) is 11.0. The van der Waals surface area contributed by atoms with Crippen LogP contribution in [0.4, 0.5) is 0 Å². The summed E-state index contributed by atoms with van der Waals surface area (Å²) in [7, 11) is 0. The normalized spacial score (nSPS) is 10.0. The maximum Gasteiger partial charge on any atom is 0.234 e. The molecule has 18 heavy (non-hydrogen) atoms. The van der Waals surface area contributed by atoms with Gasteiger partial charge in [-0.25, -0.2) is 0 Å². The molecular formula is C15H28N2O. The highest BCUT2D eigenvalue weighted by Crippen LogP contribution is 2.10. The van der Waals surface area contributed by atoms with Gasteiger partial charge in [0.25, 0.3) is 0 Å². The lowest BCUT2D eigenvalue weighted by atomic mass is 10.1. The van der Waals surface area contributed by atoms with Gasteiger partial charge in [-0.3, -0.25) is 4.79 Å². The first-order valence-electron chi connectivity index (χ1n) is 7.45. The van der Waals surface area contributed by atoms with Crippen molar-refractivity contribution in [1.29, 1.82) is 5.26 Å². The lowest BCUT2D eigenvalue weighted by Crippen LogP contribution is -2.23. The number of amides is 1. The Morgan fingerprint density at radius 3 is 1.94 bits per heavy atom. The summed E-state index contributed by atoms with van der Waals surface area (Å²) in [5.41, 5.74) is 0. The zero-order chi connectivity index (χ0) is 13.5. The highest BCUT2D eigenvalue weighted by atomic mass is 16.1. The summed E-state index contributed by atoms with van der Waals surface area (Å²) in [5.74, 6) is -0.145. The van der Waals surface area contributed by atoms with Gasteiger partial charge in [-0.05, 0) is 6.42 Å². The fourth-order valence-corrected chi connectivity index (χ4v) is 1.97. The second kappa shape index (κ2) is 14.0. The SMILES string of the molecule is CCCCCCCCCCCCNC(=O)CC#N. The van der Waals surface area contributed by atoms with Crippen LogP contribution in [-0.2, 0) is 4.79 Å². The lowest BCUT2D eigenvalue weighted by Gasteiger charge is -2.03. The summed E-state index contributed by atoms with van der Waals surface area (Å²) in [6.45, 7) is 2.96. The maximum atomic E-state index is 11.0. The minimum Gasteiger partial charge on any atom is -0.355 e. The number of nitrogens with zero attached hydrogens (tertiary/aromatic N) is 1. The van der Waals surface area contributed by atoms with Crippen LogP contribution in [0.15, 0.2) is 0 Å². The quantitative estimate of drug-likeness (QED) is 0.535. The predicted octanol–water partition coefficient (Wildman–Crippen LogP) is 3.94. The first kappa shape index (κ1) is 17.0. The van der Waals surface area contributed by atoms with Crippen molar-refractivity contribution in [3.05, 3.63) is 0 Å². The van der Waals surface area contributed by atoms with E-state index in [2.05, 4.69) is 12.2 Å². The van der Waals surface area contributed by atoms with Gasteiger partial charge in [0.05, 0.1) is 6.07 Å². The van der Waals surface area contributed by atoms with Crippen molar-refractivity contribution in [3.8, 4) is 6.07 Å². The third-order valence-electron chi connectivity index (χ3n) is 3.09. The van der Waals surface area contributed by atoms with E-state index in [1.807, 2.05) is 6.07 Å². The number of nitriles is 1. The Hall–Kier alpha value is -1.04. The molecule has 0 aliphatic carbocycles. The van der Waals surface area contributed by atoms with E-state index in [1.54, 1.807) is 0 Å². The maximum absolute atomic E-state index is 11.0. The monoisotopic (exact) mass is 252 g/mol. The summed E-state index contributed by atoms with van der Waals surface area (Å²) in [6.07, 6.45) is 13.0. The number of carbonyl (C=O) groups excluding carboxylic acids is 1. The van der Waals surface area contributed by atoms with Crippen LogP contribution >= 0.6 is 0 Å². The smallest absolute Gasteiger partial charge is 0.234 e. The van der Waals surface area contributed by atoms with Crippen molar-refractivity contribution in [2.75, 3.05) is 6.54 Å². The zero-order valence-corrected chi connectivity index (χ0v) is 11.8. The second-order valence-corrected chi connectivity index (χ2v) is 4.87. The Labute approximate surface area is 112 Å². The molecule has 0 aromatic heterocycles. The van der Waals surface area contributed by atoms with Crippen LogP contribution in [0.5, 0.6) is 0 Å². The molecular weight excluding hydrogens is 224 g/mol. The standard InChI is InChI=1S/C15H28N2O/c1-2-3-4-5-6-7-8-9-10-11-14-17-15(18)12-13-16/h2-12,14H2,1H3,(H,17,18). The van der Waals surface area contributed by atoms with Gasteiger partial charge in [0.2, 0.25) is 5.91 Å². The Morgan fingerprint density at radius 1 is 0.944 bits per heavy atom. The number of hydrogen-bond donors (Lipinski definition) is 1. The van der Waals surface area contributed by atoms with Gasteiger partial charge >= 0.3 is 0 Å². The van der Waals surface area contributed by atoms with E-state index in [9.17, 15) is 4.79 Å². The molecule has 0 unspecified atom stereocenters. The Kier molecular flexibility index (Phi) is 13.2. The molecule has 0 saturated heterocycles. The molecule has 0 radical (unpaired) electrons. The molecule has 0 atom stereocenters. The van der Waals surface area contributed by atoms with Crippen LogP contribution in [0.25, 0.3) is 0 Å². The van der Waals surface area contributed by atoms with Gasteiger partial charge in [-0.15, -0.1) is 0 Å². The van der Waals surface area contributed by atoms with Crippen LogP contribution in [-0.4, -0.2) is 12.5 Å². The van der Waals surface area contributed by atoms with Gasteiger partial charge in [0.15, 0.2) is 0 Å². The van der Waals surface area contributed by atoms with Crippen LogP contribution in [0.1, 0.15) is 77.6 Å². The molecule has 3 heteroatoms. The highest BCUT2D eigenvalue weighted by Gasteiger charge is 1.97. The first-order chi connectivity index (χ1) is 8.81. The van der Waals surface area contributed by atoms with Crippen LogP contribution in [0.2, 0.25) is 0 Å². The molecule has 104 valence electrons. The van der Waals surface area contributed by atoms with Crippen molar-refractivity contribution < 1.29 is 4.79 Å². The van der Waals surface area contributed by atoms with Gasteiger partial charge in [0, 0.05) is 6.54 Å². The van der Waals surface area contributed by atoms with Crippen LogP contribution < -0.4 is 5.32 Å². The van der Waals surface area contributed by atoms with Gasteiger partial charge in [0.1, 0.15) is 6.42 Å². The summed E-state index contributed by atoms with van der Waals surface area (Å²) in [5, 5.41) is 11.1. The predicted molar refractivity (Wildman–Crippen MR) is 75.1 cm³/mol. The van der Waals surface area contributed by atoms with E-state index in [1.165, 1.54) is 57.8 Å². The molecule has 0 saturated carbocycles. The zero-order valence-electron chi connectivity index (χ0n) is 11.8. The van der Waals surface area contributed by atoms with Crippen molar-refractivity contribution in [2.45, 2.75) is 77.6 Å². The molecule has 0 spiro atoms. The van der Waals surface area contributed by atoms with Gasteiger partial charge in [-0.2, -0.15) is 5.26 Å². The van der Waals surface area contributed by atoms with Gasteiger partial charge in [-0.1, -0.05) is 64.7 Å². The first-order valence-corrected chi connectivity index (χ1v) is 7.45. The number of hydrogen-bond acceptors (Lipinski definition) is 2. The summed E-state index contributed by atoms with van der Waals surface area (Å²) in [6, 6.07) is 1.85. The molecule has 0 aromatic carbocycles. The van der Waals surface area contributed by atoms with Crippen molar-refractivity contribution >= 4 is 5.91 Å². The third-order valence-corrected chi connectivity index (χ3v) is 3.09. The van der Waals surface area contributed by atoms with E-state index in [0.717, 1.165) is 13.0 Å². The molecule has 1 amide bonds. The summed E-state index contributed by atoms with van der Waals surface area (Å²) < 4.78 is 0. The van der Waals surface area contributed by atoms with E-state index >= 15 is 0 Å². The average Bonchev–Trinajstić information content (AvgIpc) is 2.36. The van der Waals surface area contributed by atoms with Gasteiger partial charge < -0.3 is 5.32 Å². The Bertz CT molecular complexity index is 233. The molecule has 0 aliphatic heterocycles. The Morgan fingerprint density at radius 2 is 1.44 bits per heavy atom. The number of unbranched alkanes of at least 4 members (excludes halogenated alkanes) is 9. The van der Waals surface area contributed by atoms with E-state index in [4.69, 9.17) is 5.26 Å². The number of nitrogens with one attached hydrogen (secondary N) is 1. The number of carbonyl (C=O) groups is 1. The molecule has 0 heterocycles. The van der Waals surface area contributed by atoms with Crippen molar-refractivity contribution in [3.63, 3.8) is 0 Å². The average molecular weight is 252 g/mol. The fourth-order valence-electron chi connectivity index (χ4n) is 1.97. The van der Waals surface area contributed by atoms with Crippen LogP contribution in [0.3, 0.4) is 0 Å². The molecule has 0 rings (SSSR count). The molecule has 0 aliphatic rings. The molecule has 0 bridgehead atoms. The van der Waals surface area contributed by atoms with Crippen molar-refractivity contribution in [2.24, 2.45) is 0 Å². The van der Waals surface area contributed by atoms with E-state index in [-0.39, 0.29) is 12.3 Å². The molecule has 0 fully saturated rings. The van der Waals surface area contributed by atoms with E-state index < -0.39 is 0 Å². The topological polar surface area (TPSA) is 52.9 Å². The number of rotatable bonds is 12. The van der Waals surface area contributed by atoms with Crippen LogP contribution in [0, 0.1) is 11.3 Å². The minimum atomic E-state index is -0.145. The van der Waals surface area contributed by atoms with E-state index in [0.29, 0.717) is 0 Å². The molecule has 1 N–H and O–H groups in total. The fraction of sp³-hybridized carbons (Fsp3) is 0.867. The lowest BCUT2D eigenvalue weighted by molar-refractivity contribution is -0.120.